The average Bonchev–Trinajstić information content (AvgIpc) is 3.42. The molecule has 0 aliphatic heterocycles. The van der Waals surface area contributed by atoms with Crippen LogP contribution in [0.5, 0.6) is 0 Å². The minimum absolute atomic E-state index is 0.337. The van der Waals surface area contributed by atoms with Crippen LogP contribution >= 0.6 is 11.3 Å². The molecule has 0 atom stereocenters. The Balaban J connectivity index is 1.25. The SMILES string of the molecule is CC(C)(C)OC(=O)NCC1CCC(Nc2nc(-c3cc(-c4ccccc4)on3)cs2)CC1. The van der Waals surface area contributed by atoms with Crippen molar-refractivity contribution in [2.45, 2.75) is 58.1 Å². The molecule has 1 aliphatic carbocycles. The van der Waals surface area contributed by atoms with Crippen LogP contribution in [0.25, 0.3) is 22.7 Å². The summed E-state index contributed by atoms with van der Waals surface area (Å²) < 4.78 is 10.8. The largest absolute Gasteiger partial charge is 0.444 e. The smallest absolute Gasteiger partial charge is 0.407 e. The number of rotatable bonds is 6. The molecule has 0 spiro atoms. The molecule has 1 aromatic carbocycles. The number of hydrogen-bond acceptors (Lipinski definition) is 7. The molecule has 1 saturated carbocycles. The number of ether oxygens (including phenoxy) is 1. The van der Waals surface area contributed by atoms with E-state index in [-0.39, 0.29) is 6.09 Å². The second-order valence-corrected chi connectivity index (χ2v) is 10.1. The Labute approximate surface area is 192 Å². The van der Waals surface area contributed by atoms with Gasteiger partial charge in [-0.25, -0.2) is 9.78 Å². The third-order valence-electron chi connectivity index (χ3n) is 5.44. The monoisotopic (exact) mass is 454 g/mol. The molecule has 2 heterocycles. The van der Waals surface area contributed by atoms with Crippen LogP contribution < -0.4 is 10.6 Å². The lowest BCUT2D eigenvalue weighted by Gasteiger charge is -2.29. The summed E-state index contributed by atoms with van der Waals surface area (Å²) >= 11 is 1.59. The van der Waals surface area contributed by atoms with E-state index in [4.69, 9.17) is 14.2 Å². The van der Waals surface area contributed by atoms with Crippen molar-refractivity contribution in [3.63, 3.8) is 0 Å². The van der Waals surface area contributed by atoms with E-state index in [1.54, 1.807) is 11.3 Å². The molecular formula is C24H30N4O3S. The van der Waals surface area contributed by atoms with Gasteiger partial charge in [-0.1, -0.05) is 35.5 Å². The standard InChI is InChI=1S/C24H30N4O3S/c1-24(2,3)30-23(29)25-14-16-9-11-18(12-10-16)26-22-27-20(15-32-22)19-13-21(31-28-19)17-7-5-4-6-8-17/h4-8,13,15-16,18H,9-12,14H2,1-3H3,(H,25,29)(H,26,27). The summed E-state index contributed by atoms with van der Waals surface area (Å²) in [5.74, 6) is 1.22. The molecule has 0 bridgehead atoms. The fraction of sp³-hybridized carbons (Fsp3) is 0.458. The van der Waals surface area contributed by atoms with Gasteiger partial charge in [0, 0.05) is 29.6 Å². The number of hydrogen-bond donors (Lipinski definition) is 2. The van der Waals surface area contributed by atoms with Gasteiger partial charge in [0.05, 0.1) is 0 Å². The van der Waals surface area contributed by atoms with Gasteiger partial charge < -0.3 is 19.9 Å². The summed E-state index contributed by atoms with van der Waals surface area (Å²) in [4.78, 5) is 16.5. The molecule has 0 saturated heterocycles. The first-order chi connectivity index (χ1) is 15.4. The van der Waals surface area contributed by atoms with Crippen LogP contribution in [0.2, 0.25) is 0 Å². The lowest BCUT2D eigenvalue weighted by molar-refractivity contribution is 0.0515. The first-order valence-electron chi connectivity index (χ1n) is 11.1. The second kappa shape index (κ2) is 9.73. The first-order valence-corrected chi connectivity index (χ1v) is 11.9. The molecule has 2 N–H and O–H groups in total. The molecule has 3 aromatic rings. The number of alkyl carbamates (subject to hydrolysis) is 1. The van der Waals surface area contributed by atoms with Crippen LogP contribution in [-0.2, 0) is 4.74 Å². The second-order valence-electron chi connectivity index (χ2n) is 9.23. The normalized spacial score (nSPS) is 18.8. The third kappa shape index (κ3) is 6.09. The van der Waals surface area contributed by atoms with E-state index in [1.165, 1.54) is 0 Å². The molecule has 0 radical (unpaired) electrons. The van der Waals surface area contributed by atoms with Crippen molar-refractivity contribution >= 4 is 22.6 Å². The molecule has 32 heavy (non-hydrogen) atoms. The highest BCUT2D eigenvalue weighted by Crippen LogP contribution is 2.31. The summed E-state index contributed by atoms with van der Waals surface area (Å²) in [6.07, 6.45) is 3.90. The van der Waals surface area contributed by atoms with Gasteiger partial charge >= 0.3 is 6.09 Å². The number of benzene rings is 1. The summed E-state index contributed by atoms with van der Waals surface area (Å²) in [5, 5.41) is 13.6. The maximum absolute atomic E-state index is 11.8. The number of carbonyl (C=O) groups excluding carboxylic acids is 1. The molecule has 1 aliphatic rings. The lowest BCUT2D eigenvalue weighted by atomic mass is 9.86. The van der Waals surface area contributed by atoms with Crippen LogP contribution in [0.4, 0.5) is 9.93 Å². The van der Waals surface area contributed by atoms with Crippen molar-refractivity contribution < 1.29 is 14.1 Å². The van der Waals surface area contributed by atoms with Gasteiger partial charge in [0.1, 0.15) is 17.0 Å². The molecule has 170 valence electrons. The number of nitrogens with one attached hydrogen (secondary N) is 2. The number of thiazole rings is 1. The Morgan fingerprint density at radius 1 is 1.16 bits per heavy atom. The maximum atomic E-state index is 11.8. The highest BCUT2D eigenvalue weighted by molar-refractivity contribution is 7.14. The predicted molar refractivity (Wildman–Crippen MR) is 127 cm³/mol. The zero-order valence-corrected chi connectivity index (χ0v) is 19.6. The summed E-state index contributed by atoms with van der Waals surface area (Å²) in [6, 6.07) is 12.2. The van der Waals surface area contributed by atoms with Gasteiger partial charge in [-0.15, -0.1) is 11.3 Å². The van der Waals surface area contributed by atoms with Crippen molar-refractivity contribution in [2.24, 2.45) is 5.92 Å². The predicted octanol–water partition coefficient (Wildman–Crippen LogP) is 5.96. The number of amides is 1. The van der Waals surface area contributed by atoms with Crippen LogP contribution in [0.3, 0.4) is 0 Å². The van der Waals surface area contributed by atoms with E-state index in [0.29, 0.717) is 18.5 Å². The Hall–Kier alpha value is -2.87. The molecule has 1 amide bonds. The van der Waals surface area contributed by atoms with Crippen molar-refractivity contribution in [3.8, 4) is 22.7 Å². The fourth-order valence-electron chi connectivity index (χ4n) is 3.82. The number of anilines is 1. The Morgan fingerprint density at radius 3 is 2.62 bits per heavy atom. The highest BCUT2D eigenvalue weighted by atomic mass is 32.1. The maximum Gasteiger partial charge on any atom is 0.407 e. The van der Waals surface area contributed by atoms with E-state index < -0.39 is 5.60 Å². The molecule has 8 heteroatoms. The number of nitrogens with zero attached hydrogens (tertiary/aromatic N) is 2. The lowest BCUT2D eigenvalue weighted by Crippen LogP contribution is -2.37. The molecular weight excluding hydrogens is 424 g/mol. The summed E-state index contributed by atoms with van der Waals surface area (Å²) in [7, 11) is 0. The molecule has 4 rings (SSSR count). The zero-order chi connectivity index (χ0) is 22.6. The zero-order valence-electron chi connectivity index (χ0n) is 18.8. The van der Waals surface area contributed by atoms with Crippen LogP contribution in [0.1, 0.15) is 46.5 Å². The summed E-state index contributed by atoms with van der Waals surface area (Å²) in [5.41, 5.74) is 2.09. The molecule has 0 unspecified atom stereocenters. The molecule has 2 aromatic heterocycles. The Bertz CT molecular complexity index is 1020. The van der Waals surface area contributed by atoms with E-state index in [9.17, 15) is 4.79 Å². The highest BCUT2D eigenvalue weighted by Gasteiger charge is 2.23. The van der Waals surface area contributed by atoms with E-state index >= 15 is 0 Å². The van der Waals surface area contributed by atoms with Gasteiger partial charge in [-0.3, -0.25) is 0 Å². The average molecular weight is 455 g/mol. The van der Waals surface area contributed by atoms with E-state index in [2.05, 4.69) is 15.8 Å². The van der Waals surface area contributed by atoms with Crippen molar-refractivity contribution in [2.75, 3.05) is 11.9 Å². The van der Waals surface area contributed by atoms with E-state index in [1.807, 2.05) is 62.5 Å². The molecule has 1 fully saturated rings. The topological polar surface area (TPSA) is 89.3 Å². The quantitative estimate of drug-likeness (QED) is 0.478. The van der Waals surface area contributed by atoms with Crippen molar-refractivity contribution in [3.05, 3.63) is 41.8 Å². The van der Waals surface area contributed by atoms with Gasteiger partial charge in [-0.2, -0.15) is 0 Å². The Morgan fingerprint density at radius 2 is 1.91 bits per heavy atom. The van der Waals surface area contributed by atoms with Gasteiger partial charge in [0.2, 0.25) is 0 Å². The summed E-state index contributed by atoms with van der Waals surface area (Å²) in [6.45, 7) is 6.29. The van der Waals surface area contributed by atoms with Gasteiger partial charge in [0.25, 0.3) is 0 Å². The van der Waals surface area contributed by atoms with Crippen LogP contribution in [0, 0.1) is 5.92 Å². The molecule has 7 nitrogen and oxygen atoms in total. The number of aromatic nitrogens is 2. The van der Waals surface area contributed by atoms with Crippen LogP contribution in [0.15, 0.2) is 46.3 Å². The minimum atomic E-state index is -0.465. The van der Waals surface area contributed by atoms with Gasteiger partial charge in [-0.05, 0) is 52.4 Å². The Kier molecular flexibility index (Phi) is 6.79. The fourth-order valence-corrected chi connectivity index (χ4v) is 4.60. The first kappa shape index (κ1) is 22.3. The number of carbonyl (C=O) groups is 1. The van der Waals surface area contributed by atoms with Crippen molar-refractivity contribution in [1.82, 2.24) is 15.5 Å². The van der Waals surface area contributed by atoms with Gasteiger partial charge in [0.15, 0.2) is 10.9 Å². The third-order valence-corrected chi connectivity index (χ3v) is 6.22. The van der Waals surface area contributed by atoms with Crippen molar-refractivity contribution in [1.29, 1.82) is 0 Å². The van der Waals surface area contributed by atoms with E-state index in [0.717, 1.165) is 53.5 Å². The van der Waals surface area contributed by atoms with Crippen LogP contribution in [-0.4, -0.2) is 34.4 Å². The minimum Gasteiger partial charge on any atom is -0.444 e.